The van der Waals surface area contributed by atoms with Gasteiger partial charge in [-0.25, -0.2) is 0 Å². The third-order valence-electron chi connectivity index (χ3n) is 4.85. The van der Waals surface area contributed by atoms with Crippen molar-refractivity contribution in [3.8, 4) is 0 Å². The average molecular weight is 359 g/mol. The number of fused-ring (bicyclic) bond motifs is 3. The van der Waals surface area contributed by atoms with Crippen LogP contribution in [-0.4, -0.2) is 48.8 Å². The Morgan fingerprint density at radius 1 is 1.20 bits per heavy atom. The summed E-state index contributed by atoms with van der Waals surface area (Å²) in [6.45, 7) is 1.55. The zero-order chi connectivity index (χ0) is 17.4. The zero-order valence-electron chi connectivity index (χ0n) is 13.7. The molecule has 0 aromatic heterocycles. The molecule has 1 amide bonds. The summed E-state index contributed by atoms with van der Waals surface area (Å²) in [5.41, 5.74) is 1.69. The van der Waals surface area contributed by atoms with E-state index in [1.54, 1.807) is 11.0 Å². The fourth-order valence-electron chi connectivity index (χ4n) is 3.82. The van der Waals surface area contributed by atoms with Crippen molar-refractivity contribution in [2.75, 3.05) is 37.7 Å². The number of aliphatic hydroxyl groups is 1. The number of rotatable bonds is 3. The molecular weight excluding hydrogens is 340 g/mol. The van der Waals surface area contributed by atoms with E-state index in [9.17, 15) is 9.90 Å². The Kier molecular flexibility index (Phi) is 4.25. The van der Waals surface area contributed by atoms with Gasteiger partial charge >= 0.3 is 0 Å². The Balaban J connectivity index is 2.00. The molecule has 2 heterocycles. The van der Waals surface area contributed by atoms with Gasteiger partial charge in [0.25, 0.3) is 0 Å². The molecule has 2 aromatic carbocycles. The number of nitrogens with zero attached hydrogens (tertiary/aromatic N) is 2. The minimum absolute atomic E-state index is 0.0547. The number of hydrogen-bond donors (Lipinski definition) is 1. The van der Waals surface area contributed by atoms with Crippen molar-refractivity contribution in [2.45, 2.75) is 5.72 Å². The molecule has 0 bridgehead atoms. The number of β-amino-alcohol motifs (C(OH)–C–C–N with tert-alkyl or cyclic N) is 1. The van der Waals surface area contributed by atoms with E-state index in [0.717, 1.165) is 16.8 Å². The molecule has 1 atom stereocenters. The molecule has 1 saturated heterocycles. The molecule has 5 nitrogen and oxygen atoms in total. The van der Waals surface area contributed by atoms with Gasteiger partial charge in [0.2, 0.25) is 5.91 Å². The van der Waals surface area contributed by atoms with Gasteiger partial charge in [-0.2, -0.15) is 0 Å². The first kappa shape index (κ1) is 16.5. The number of ether oxygens (including phenoxy) is 1. The van der Waals surface area contributed by atoms with Crippen molar-refractivity contribution >= 4 is 23.2 Å². The SMILES string of the molecule is O=C1CN2CCOC2(c2ccccc2)c2cc(Cl)ccc2N1CCO. The maximum Gasteiger partial charge on any atom is 0.241 e. The molecule has 4 rings (SSSR count). The predicted molar refractivity (Wildman–Crippen MR) is 95.6 cm³/mol. The molecule has 2 aliphatic rings. The first-order chi connectivity index (χ1) is 12.2. The Hall–Kier alpha value is -1.92. The van der Waals surface area contributed by atoms with Gasteiger partial charge in [-0.3, -0.25) is 9.69 Å². The topological polar surface area (TPSA) is 53.0 Å². The van der Waals surface area contributed by atoms with Crippen molar-refractivity contribution in [3.05, 3.63) is 64.7 Å². The van der Waals surface area contributed by atoms with Crippen molar-refractivity contribution in [1.29, 1.82) is 0 Å². The number of carbonyl (C=O) groups is 1. The maximum atomic E-state index is 12.9. The lowest BCUT2D eigenvalue weighted by molar-refractivity contribution is -0.123. The molecule has 6 heteroatoms. The fraction of sp³-hybridized carbons (Fsp3) is 0.316. The molecule has 1 fully saturated rings. The van der Waals surface area contributed by atoms with Gasteiger partial charge in [-0.05, 0) is 18.2 Å². The van der Waals surface area contributed by atoms with E-state index in [4.69, 9.17) is 16.3 Å². The normalized spacial score (nSPS) is 23.3. The Morgan fingerprint density at radius 2 is 2.00 bits per heavy atom. The van der Waals surface area contributed by atoms with Gasteiger partial charge in [-0.1, -0.05) is 41.9 Å². The van der Waals surface area contributed by atoms with Crippen LogP contribution in [0.5, 0.6) is 0 Å². The van der Waals surface area contributed by atoms with Crippen LogP contribution < -0.4 is 4.90 Å². The van der Waals surface area contributed by atoms with Gasteiger partial charge in [0, 0.05) is 29.2 Å². The summed E-state index contributed by atoms with van der Waals surface area (Å²) in [4.78, 5) is 16.5. The molecule has 0 radical (unpaired) electrons. The molecule has 130 valence electrons. The van der Waals surface area contributed by atoms with Crippen molar-refractivity contribution in [1.82, 2.24) is 4.90 Å². The largest absolute Gasteiger partial charge is 0.395 e. The number of aliphatic hydroxyl groups excluding tert-OH is 1. The Bertz CT molecular complexity index is 799. The van der Waals surface area contributed by atoms with E-state index in [0.29, 0.717) is 18.2 Å². The summed E-state index contributed by atoms with van der Waals surface area (Å²) >= 11 is 6.30. The molecule has 2 aromatic rings. The second-order valence-corrected chi connectivity index (χ2v) is 6.65. The predicted octanol–water partition coefficient (Wildman–Crippen LogP) is 2.21. The van der Waals surface area contributed by atoms with Crippen molar-refractivity contribution in [2.24, 2.45) is 0 Å². The standard InChI is InChI=1S/C19H19ClN2O3/c20-15-6-7-17-16(12-15)19(14-4-2-1-3-5-14)21(9-11-25-19)13-18(24)22(17)8-10-23/h1-7,12,23H,8-11,13H2. The monoisotopic (exact) mass is 358 g/mol. The van der Waals surface area contributed by atoms with Crippen LogP contribution >= 0.6 is 11.6 Å². The zero-order valence-corrected chi connectivity index (χ0v) is 14.4. The third-order valence-corrected chi connectivity index (χ3v) is 5.08. The van der Waals surface area contributed by atoms with E-state index < -0.39 is 5.72 Å². The second-order valence-electron chi connectivity index (χ2n) is 6.21. The first-order valence-corrected chi connectivity index (χ1v) is 8.70. The summed E-state index contributed by atoms with van der Waals surface area (Å²) in [7, 11) is 0. The number of carbonyl (C=O) groups excluding carboxylic acids is 1. The van der Waals surface area contributed by atoms with Crippen LogP contribution in [0.15, 0.2) is 48.5 Å². The molecule has 0 spiro atoms. The summed E-state index contributed by atoms with van der Waals surface area (Å²) in [6, 6.07) is 15.4. The second kappa shape index (κ2) is 6.42. The summed E-state index contributed by atoms with van der Waals surface area (Å²) < 4.78 is 6.29. The fourth-order valence-corrected chi connectivity index (χ4v) is 3.99. The highest BCUT2D eigenvalue weighted by Crippen LogP contribution is 2.47. The van der Waals surface area contributed by atoms with Crippen LogP contribution in [-0.2, 0) is 15.3 Å². The van der Waals surface area contributed by atoms with E-state index in [2.05, 4.69) is 4.90 Å². The molecule has 0 saturated carbocycles. The van der Waals surface area contributed by atoms with Gasteiger partial charge < -0.3 is 14.7 Å². The van der Waals surface area contributed by atoms with Crippen LogP contribution in [0.1, 0.15) is 11.1 Å². The van der Waals surface area contributed by atoms with Gasteiger partial charge in [0.05, 0.1) is 25.4 Å². The van der Waals surface area contributed by atoms with Gasteiger partial charge in [0.15, 0.2) is 5.72 Å². The number of anilines is 1. The van der Waals surface area contributed by atoms with E-state index in [1.807, 2.05) is 42.5 Å². The lowest BCUT2D eigenvalue weighted by atomic mass is 9.91. The molecule has 1 unspecified atom stereocenters. The van der Waals surface area contributed by atoms with Crippen LogP contribution in [0.25, 0.3) is 0 Å². The highest BCUT2D eigenvalue weighted by molar-refractivity contribution is 6.30. The summed E-state index contributed by atoms with van der Waals surface area (Å²) in [5, 5.41) is 10.0. The van der Waals surface area contributed by atoms with Crippen LogP contribution in [0.4, 0.5) is 5.69 Å². The Morgan fingerprint density at radius 3 is 2.76 bits per heavy atom. The van der Waals surface area contributed by atoms with Crippen LogP contribution in [0, 0.1) is 0 Å². The van der Waals surface area contributed by atoms with E-state index >= 15 is 0 Å². The number of hydrogen-bond acceptors (Lipinski definition) is 4. The van der Waals surface area contributed by atoms with E-state index in [-0.39, 0.29) is 25.6 Å². The molecule has 2 aliphatic heterocycles. The molecule has 1 N–H and O–H groups in total. The average Bonchev–Trinajstić information content (AvgIpc) is 3.01. The third kappa shape index (κ3) is 2.55. The highest BCUT2D eigenvalue weighted by Gasteiger charge is 2.50. The smallest absolute Gasteiger partial charge is 0.241 e. The lowest BCUT2D eigenvalue weighted by Gasteiger charge is -2.36. The number of benzene rings is 2. The van der Waals surface area contributed by atoms with Crippen molar-refractivity contribution in [3.63, 3.8) is 0 Å². The molecule has 25 heavy (non-hydrogen) atoms. The lowest BCUT2D eigenvalue weighted by Crippen LogP contribution is -2.45. The molecule has 0 aliphatic carbocycles. The van der Waals surface area contributed by atoms with Crippen LogP contribution in [0.2, 0.25) is 5.02 Å². The van der Waals surface area contributed by atoms with Crippen LogP contribution in [0.3, 0.4) is 0 Å². The minimum Gasteiger partial charge on any atom is -0.395 e. The minimum atomic E-state index is -0.846. The van der Waals surface area contributed by atoms with Gasteiger partial charge in [0.1, 0.15) is 0 Å². The number of amides is 1. The Labute approximate surface area is 151 Å². The van der Waals surface area contributed by atoms with Gasteiger partial charge in [-0.15, -0.1) is 0 Å². The summed E-state index contributed by atoms with van der Waals surface area (Å²) in [5.74, 6) is -0.0547. The first-order valence-electron chi connectivity index (χ1n) is 8.32. The van der Waals surface area contributed by atoms with E-state index in [1.165, 1.54) is 0 Å². The van der Waals surface area contributed by atoms with Crippen molar-refractivity contribution < 1.29 is 14.6 Å². The maximum absolute atomic E-state index is 12.9. The molecular formula is C19H19ClN2O3. The summed E-state index contributed by atoms with van der Waals surface area (Å²) in [6.07, 6.45) is 0. The highest BCUT2D eigenvalue weighted by atomic mass is 35.5. The number of halogens is 1. The quantitative estimate of drug-likeness (QED) is 0.914.